The topological polar surface area (TPSA) is 149 Å². The summed E-state index contributed by atoms with van der Waals surface area (Å²) < 4.78 is 2.97. The van der Waals surface area contributed by atoms with Gasteiger partial charge in [0.25, 0.3) is 11.5 Å². The molecule has 0 unspecified atom stereocenters. The predicted octanol–water partition coefficient (Wildman–Crippen LogP) is 3.40. The van der Waals surface area contributed by atoms with E-state index in [0.29, 0.717) is 33.6 Å². The van der Waals surface area contributed by atoms with Crippen LogP contribution in [-0.2, 0) is 0 Å². The summed E-state index contributed by atoms with van der Waals surface area (Å²) in [5.74, 6) is -0.0531. The standard InChI is InChI=1S/C28H23N9O2/c1-17(32-27(38)23-24(29)35-36-16-6-14-30-26(23)36)25-33-21-10-5-7-18(11-12-19-13-15-31-34-19)22(21)28(39)37(25)20-8-3-2-4-9-20/h2-17H,1H3,(H2,29,35)(H,31,34)(H,32,38)/b12-11+/t17-/m0/s1. The van der Waals surface area contributed by atoms with Crippen LogP contribution in [0.3, 0.4) is 0 Å². The minimum Gasteiger partial charge on any atom is -0.381 e. The number of H-pyrrole nitrogens is 1. The van der Waals surface area contributed by atoms with Crippen LogP contribution in [0.4, 0.5) is 5.82 Å². The fourth-order valence-corrected chi connectivity index (χ4v) is 4.52. The largest absolute Gasteiger partial charge is 0.381 e. The molecule has 0 radical (unpaired) electrons. The van der Waals surface area contributed by atoms with E-state index < -0.39 is 11.9 Å². The molecule has 39 heavy (non-hydrogen) atoms. The number of nitrogen functional groups attached to an aromatic ring is 1. The zero-order valence-corrected chi connectivity index (χ0v) is 20.8. The van der Waals surface area contributed by atoms with Crippen molar-refractivity contribution < 1.29 is 4.79 Å². The van der Waals surface area contributed by atoms with E-state index in [4.69, 9.17) is 10.7 Å². The van der Waals surface area contributed by atoms with Gasteiger partial charge in [0.15, 0.2) is 11.5 Å². The number of hydrogen-bond acceptors (Lipinski definition) is 7. The van der Waals surface area contributed by atoms with Crippen molar-refractivity contribution in [3.05, 3.63) is 112 Å². The molecule has 11 nitrogen and oxygen atoms in total. The van der Waals surface area contributed by atoms with Crippen LogP contribution in [0, 0.1) is 0 Å². The molecule has 4 aromatic heterocycles. The number of fused-ring (bicyclic) bond motifs is 2. The molecule has 2 aromatic carbocycles. The number of nitrogens with two attached hydrogens (primary N) is 1. The van der Waals surface area contributed by atoms with Crippen molar-refractivity contribution in [3.8, 4) is 5.69 Å². The van der Waals surface area contributed by atoms with Gasteiger partial charge in [0.05, 0.1) is 28.3 Å². The molecule has 0 aliphatic heterocycles. The maximum Gasteiger partial charge on any atom is 0.266 e. The summed E-state index contributed by atoms with van der Waals surface area (Å²) in [6, 6.07) is 17.5. The predicted molar refractivity (Wildman–Crippen MR) is 148 cm³/mol. The lowest BCUT2D eigenvalue weighted by molar-refractivity contribution is 0.0940. The highest BCUT2D eigenvalue weighted by molar-refractivity contribution is 6.04. The van der Waals surface area contributed by atoms with E-state index in [1.165, 1.54) is 9.08 Å². The first kappa shape index (κ1) is 23.8. The minimum absolute atomic E-state index is 0.0546. The first-order chi connectivity index (χ1) is 19.0. The quantitative estimate of drug-likeness (QED) is 0.307. The molecule has 4 N–H and O–H groups in total. The van der Waals surface area contributed by atoms with Crippen LogP contribution in [0.1, 0.15) is 40.4 Å². The van der Waals surface area contributed by atoms with Crippen LogP contribution in [0.15, 0.2) is 84.0 Å². The van der Waals surface area contributed by atoms with Crippen molar-refractivity contribution in [2.24, 2.45) is 0 Å². The van der Waals surface area contributed by atoms with Crippen molar-refractivity contribution in [2.45, 2.75) is 13.0 Å². The number of rotatable bonds is 6. The van der Waals surface area contributed by atoms with Gasteiger partial charge in [0.1, 0.15) is 11.4 Å². The molecule has 11 heteroatoms. The third-order valence-electron chi connectivity index (χ3n) is 6.32. The molecule has 0 aliphatic carbocycles. The highest BCUT2D eigenvalue weighted by Gasteiger charge is 2.24. The molecular weight excluding hydrogens is 494 g/mol. The monoisotopic (exact) mass is 517 g/mol. The van der Waals surface area contributed by atoms with Gasteiger partial charge < -0.3 is 11.1 Å². The molecule has 6 aromatic rings. The van der Waals surface area contributed by atoms with Gasteiger partial charge in [-0.1, -0.05) is 36.4 Å². The molecule has 0 spiro atoms. The van der Waals surface area contributed by atoms with Crippen molar-refractivity contribution in [1.82, 2.24) is 39.7 Å². The summed E-state index contributed by atoms with van der Waals surface area (Å²) in [5, 5.41) is 14.4. The highest BCUT2D eigenvalue weighted by Crippen LogP contribution is 2.23. The van der Waals surface area contributed by atoms with Gasteiger partial charge in [-0.05, 0) is 48.9 Å². The number of nitrogens with zero attached hydrogens (tertiary/aromatic N) is 6. The van der Waals surface area contributed by atoms with E-state index in [1.54, 1.807) is 37.6 Å². The first-order valence-electron chi connectivity index (χ1n) is 12.2. The second kappa shape index (κ2) is 9.71. The Hall–Kier alpha value is -5.58. The first-order valence-corrected chi connectivity index (χ1v) is 12.2. The lowest BCUT2D eigenvalue weighted by atomic mass is 10.1. The number of aromatic nitrogens is 7. The van der Waals surface area contributed by atoms with E-state index in [2.05, 4.69) is 25.6 Å². The third kappa shape index (κ3) is 4.31. The Balaban J connectivity index is 1.47. The number of carbonyl (C=O) groups is 1. The summed E-state index contributed by atoms with van der Waals surface area (Å²) in [5.41, 5.74) is 8.92. The fourth-order valence-electron chi connectivity index (χ4n) is 4.52. The van der Waals surface area contributed by atoms with E-state index in [0.717, 1.165) is 5.69 Å². The molecule has 1 atom stereocenters. The Morgan fingerprint density at radius 2 is 1.90 bits per heavy atom. The van der Waals surface area contributed by atoms with Crippen LogP contribution in [0.25, 0.3) is 34.4 Å². The molecular formula is C28H23N9O2. The minimum atomic E-state index is -0.669. The maximum absolute atomic E-state index is 14.1. The number of anilines is 1. The Labute approximate surface area is 221 Å². The van der Waals surface area contributed by atoms with Crippen molar-refractivity contribution in [1.29, 1.82) is 0 Å². The Bertz CT molecular complexity index is 1910. The normalized spacial score (nSPS) is 12.3. The number of carbonyl (C=O) groups excluding carboxylic acids is 1. The van der Waals surface area contributed by atoms with E-state index in [1.807, 2.05) is 60.7 Å². The van der Waals surface area contributed by atoms with Crippen molar-refractivity contribution in [3.63, 3.8) is 0 Å². The van der Waals surface area contributed by atoms with Gasteiger partial charge in [-0.2, -0.15) is 5.10 Å². The molecule has 0 saturated heterocycles. The zero-order valence-electron chi connectivity index (χ0n) is 20.8. The molecule has 0 aliphatic rings. The molecule has 0 fully saturated rings. The van der Waals surface area contributed by atoms with E-state index >= 15 is 0 Å². The van der Waals surface area contributed by atoms with Gasteiger partial charge in [0.2, 0.25) is 0 Å². The lowest BCUT2D eigenvalue weighted by Crippen LogP contribution is -2.33. The number of aromatic amines is 1. The van der Waals surface area contributed by atoms with Crippen LogP contribution in [-0.4, -0.2) is 40.3 Å². The van der Waals surface area contributed by atoms with Gasteiger partial charge >= 0.3 is 0 Å². The molecule has 192 valence electrons. The SMILES string of the molecule is C[C@H](NC(=O)c1c(N)nn2cccnc12)c1nc2cccc(/C=C/c3ccn[nH]3)c2c(=O)n1-c1ccccc1. The van der Waals surface area contributed by atoms with Gasteiger partial charge in [-0.3, -0.25) is 19.3 Å². The highest BCUT2D eigenvalue weighted by atomic mass is 16.2. The van der Waals surface area contributed by atoms with Crippen LogP contribution in [0.5, 0.6) is 0 Å². The average Bonchev–Trinajstić information content (AvgIpc) is 3.59. The molecule has 0 saturated carbocycles. The van der Waals surface area contributed by atoms with Gasteiger partial charge in [-0.15, -0.1) is 5.10 Å². The second-order valence-electron chi connectivity index (χ2n) is 8.88. The summed E-state index contributed by atoms with van der Waals surface area (Å²) in [4.78, 5) is 36.6. The summed E-state index contributed by atoms with van der Waals surface area (Å²) in [6.07, 6.45) is 8.58. The van der Waals surface area contributed by atoms with Crippen molar-refractivity contribution >= 4 is 40.4 Å². The third-order valence-corrected chi connectivity index (χ3v) is 6.32. The Morgan fingerprint density at radius 3 is 2.69 bits per heavy atom. The van der Waals surface area contributed by atoms with Gasteiger partial charge in [-0.25, -0.2) is 14.5 Å². The summed E-state index contributed by atoms with van der Waals surface area (Å²) in [7, 11) is 0. The number of hydrogen-bond donors (Lipinski definition) is 3. The number of benzene rings is 2. The Kier molecular flexibility index (Phi) is 5.92. The summed E-state index contributed by atoms with van der Waals surface area (Å²) in [6.45, 7) is 1.77. The zero-order chi connectivity index (χ0) is 26.9. The number of nitrogens with one attached hydrogen (secondary N) is 2. The molecule has 1 amide bonds. The molecule has 4 heterocycles. The van der Waals surface area contributed by atoms with Crippen LogP contribution >= 0.6 is 0 Å². The van der Waals surface area contributed by atoms with Crippen LogP contribution < -0.4 is 16.6 Å². The van der Waals surface area contributed by atoms with Crippen molar-refractivity contribution in [2.75, 3.05) is 5.73 Å². The van der Waals surface area contributed by atoms with Crippen LogP contribution in [0.2, 0.25) is 0 Å². The smallest absolute Gasteiger partial charge is 0.266 e. The van der Waals surface area contributed by atoms with E-state index in [-0.39, 0.29) is 16.9 Å². The number of para-hydroxylation sites is 1. The molecule has 0 bridgehead atoms. The lowest BCUT2D eigenvalue weighted by Gasteiger charge is -2.20. The molecule has 6 rings (SSSR count). The number of amides is 1. The summed E-state index contributed by atoms with van der Waals surface area (Å²) >= 11 is 0. The maximum atomic E-state index is 14.1. The van der Waals surface area contributed by atoms with E-state index in [9.17, 15) is 9.59 Å². The second-order valence-corrected chi connectivity index (χ2v) is 8.88. The van der Waals surface area contributed by atoms with Gasteiger partial charge in [0, 0.05) is 18.6 Å². The fraction of sp³-hybridized carbons (Fsp3) is 0.0714. The average molecular weight is 518 g/mol. The Morgan fingerprint density at radius 1 is 1.05 bits per heavy atom.